The van der Waals surface area contributed by atoms with Crippen molar-refractivity contribution in [1.82, 2.24) is 45.3 Å². The third-order valence-corrected chi connectivity index (χ3v) is 27.1. The molecule has 0 aromatic heterocycles. The van der Waals surface area contributed by atoms with Gasteiger partial charge in [-0.2, -0.15) is 10.1 Å². The van der Waals surface area contributed by atoms with Crippen LogP contribution in [0.5, 0.6) is 5.75 Å². The molecule has 0 spiro atoms. The largest absolute Gasteiger partial charge is 0.483 e. The number of aliphatic hydroxyl groups excluding tert-OH is 4. The second-order valence-corrected chi connectivity index (χ2v) is 36.0. The number of para-hydroxylation sites is 1. The van der Waals surface area contributed by atoms with E-state index < -0.39 is 48.3 Å². The van der Waals surface area contributed by atoms with Gasteiger partial charge in [0.05, 0.1) is 38.5 Å². The van der Waals surface area contributed by atoms with Gasteiger partial charge in [0.1, 0.15) is 30.0 Å². The molecule has 4 bridgehead atoms. The van der Waals surface area contributed by atoms with Crippen LogP contribution >= 0.6 is 0 Å². The number of amides is 3. The normalized spacial score (nSPS) is 29.6. The van der Waals surface area contributed by atoms with Crippen LogP contribution in [0.15, 0.2) is 103 Å². The van der Waals surface area contributed by atoms with Crippen molar-refractivity contribution < 1.29 is 49.2 Å². The van der Waals surface area contributed by atoms with Crippen LogP contribution in [0.2, 0.25) is 0 Å². The number of likely N-dealkylation sites (N-methyl/N-ethyl adjacent to an activating group) is 2. The molecule has 3 saturated heterocycles. The fraction of sp³-hybridized carbons (Fsp3) is 0.693. The Balaban J connectivity index is 0.000000215. The van der Waals surface area contributed by atoms with E-state index in [1.165, 1.54) is 68.9 Å². The van der Waals surface area contributed by atoms with Crippen LogP contribution < -0.4 is 15.4 Å². The molecule has 19 nitrogen and oxygen atoms in total. The fourth-order valence-corrected chi connectivity index (χ4v) is 20.7. The molecule has 14 rings (SSSR count). The van der Waals surface area contributed by atoms with E-state index in [1.54, 1.807) is 43.0 Å². The first-order chi connectivity index (χ1) is 51.1. The van der Waals surface area contributed by atoms with Crippen LogP contribution in [-0.4, -0.2) is 208 Å². The van der Waals surface area contributed by atoms with Crippen molar-refractivity contribution in [1.29, 1.82) is 0 Å². The molecule has 107 heavy (non-hydrogen) atoms. The summed E-state index contributed by atoms with van der Waals surface area (Å²) in [5, 5.41) is 52.9. The molecule has 0 radical (unpaired) electrons. The highest BCUT2D eigenvalue weighted by Crippen LogP contribution is 2.62. The highest BCUT2D eigenvalue weighted by Gasteiger charge is 2.59. The minimum atomic E-state index is -0.847. The van der Waals surface area contributed by atoms with Crippen molar-refractivity contribution in [3.63, 3.8) is 0 Å². The SMILES string of the molecule is CC(C)C[C@@H](CN1CCCC1)N(Cc1cccc(CN2O[C@@H](CO)[C@@H]([C@H](C)O)[C@H]2C(=O)N[C@H]2C[C@H]3C[C@@H]([C@@H]2C)C3(C)C)c1)Cc1ccccc1OCC(=O)N(C)C.C[C@@H]1[C@@H](NC(=O)[C@@H]2[C@H]([C@H](C)O)[C@H](CO)ON2Cc2cccc(CN(CCN(C)C)C(c3ccccc3)C3CCCCC3)c2)C[C@H]2C[C@@H]1C2(C)C. The average molecular weight is 1480 g/mol. The van der Waals surface area contributed by atoms with Gasteiger partial charge < -0.3 is 50.5 Å². The van der Waals surface area contributed by atoms with Crippen molar-refractivity contribution in [2.24, 2.45) is 70.0 Å². The topological polar surface area (TPSA) is 207 Å². The number of aliphatic hydroxyl groups is 4. The Morgan fingerprint density at radius 3 is 1.56 bits per heavy atom. The van der Waals surface area contributed by atoms with Crippen LogP contribution in [0.4, 0.5) is 0 Å². The Morgan fingerprint density at radius 2 is 1.09 bits per heavy atom. The summed E-state index contributed by atoms with van der Waals surface area (Å²) in [6.07, 6.45) is 11.4. The molecule has 3 heterocycles. The van der Waals surface area contributed by atoms with Gasteiger partial charge in [0.15, 0.2) is 6.61 Å². The quantitative estimate of drug-likeness (QED) is 0.0269. The number of nitrogens with zero attached hydrogens (tertiary/aromatic N) is 7. The van der Waals surface area contributed by atoms with Crippen LogP contribution in [0.3, 0.4) is 0 Å². The Hall–Kier alpha value is -5.39. The molecule has 18 atom stereocenters. The van der Waals surface area contributed by atoms with Gasteiger partial charge in [0, 0.05) is 94.9 Å². The van der Waals surface area contributed by atoms with Gasteiger partial charge in [0.25, 0.3) is 5.91 Å². The van der Waals surface area contributed by atoms with Gasteiger partial charge in [-0.25, -0.2) is 0 Å². The van der Waals surface area contributed by atoms with Gasteiger partial charge in [-0.05, 0) is 191 Å². The molecule has 19 heteroatoms. The summed E-state index contributed by atoms with van der Waals surface area (Å²) >= 11 is 0. The second kappa shape index (κ2) is 36.8. The van der Waals surface area contributed by atoms with Crippen LogP contribution in [0, 0.1) is 70.0 Å². The number of ether oxygens (including phenoxy) is 1. The predicted octanol–water partition coefficient (Wildman–Crippen LogP) is 11.4. The average Bonchev–Trinajstić information content (AvgIpc) is 1.37. The van der Waals surface area contributed by atoms with Crippen molar-refractivity contribution in [3.05, 3.63) is 137 Å². The van der Waals surface area contributed by atoms with Gasteiger partial charge >= 0.3 is 0 Å². The minimum Gasteiger partial charge on any atom is -0.483 e. The molecule has 3 amide bonds. The first kappa shape index (κ1) is 82.6. The monoisotopic (exact) mass is 1480 g/mol. The number of fused-ring (bicyclic) bond motifs is 4. The van der Waals surface area contributed by atoms with Crippen LogP contribution in [0.1, 0.15) is 186 Å². The summed E-state index contributed by atoms with van der Waals surface area (Å²) in [7, 11) is 7.78. The lowest BCUT2D eigenvalue weighted by Crippen LogP contribution is -2.62. The number of hydrogen-bond acceptors (Lipinski definition) is 16. The van der Waals surface area contributed by atoms with Crippen molar-refractivity contribution in [2.45, 2.75) is 240 Å². The Bertz CT molecular complexity index is 3490. The maximum atomic E-state index is 14.3. The Morgan fingerprint density at radius 1 is 0.598 bits per heavy atom. The third kappa shape index (κ3) is 19.7. The summed E-state index contributed by atoms with van der Waals surface area (Å²) in [5.74, 6) is 3.61. The van der Waals surface area contributed by atoms with Crippen LogP contribution in [-0.2, 0) is 56.8 Å². The lowest BCUT2D eigenvalue weighted by molar-refractivity contribution is -0.183. The number of hydrogen-bond donors (Lipinski definition) is 6. The molecular weight excluding hydrogens is 1340 g/mol. The number of carbonyl (C=O) groups excluding carboxylic acids is 3. The van der Waals surface area contributed by atoms with Gasteiger partial charge in [-0.1, -0.05) is 172 Å². The number of nitrogens with one attached hydrogen (secondary N) is 2. The smallest absolute Gasteiger partial charge is 0.259 e. The maximum absolute atomic E-state index is 14.3. The van der Waals surface area contributed by atoms with Gasteiger partial charge in [0.2, 0.25) is 11.8 Å². The van der Waals surface area contributed by atoms with E-state index in [0.29, 0.717) is 90.4 Å². The Kier molecular flexibility index (Phi) is 28.4. The summed E-state index contributed by atoms with van der Waals surface area (Å²) in [6.45, 7) is 29.5. The highest BCUT2D eigenvalue weighted by molar-refractivity contribution is 5.83. The summed E-state index contributed by atoms with van der Waals surface area (Å²) in [5.41, 5.74) is 7.52. The standard InChI is InChI=1S/C46H71N5O6.C42H64N4O4/c1-30(2)20-37(27-49-18-11-12-19-49)50(26-35-16-9-10-17-40(35)56-29-42(54)48(7)8)24-33-14-13-15-34(21-33)25-51-44(43(32(4)53)41(28-52)57-51)45(55)47-39-23-36-22-38(31(39)3)46(36,5)6;1-28-35-23-34(42(35,3)4)24-36(28)43-41(49)40-38(29(2)48)37(27-47)50-46(40)26-31-15-13-14-30(22-31)25-45(21-20-44(5)6)39(32-16-9-7-10-17-32)33-18-11-8-12-19-33/h9-10,13-17,21,30-32,36-39,41,43-44,52-53H,11-12,18-20,22-29H2,1-8H3,(H,47,55);7,9-10,13-17,22,28-29,33-40,47-48H,8,11-12,18-21,23-27H2,1-6H3,(H,43,49)/t31-,32-,36+,37-,38-,39-,41-,43+,44-;28-,29-,34+,35-,36-,37-,38+,39?,40-/m00/s1. The van der Waals surface area contributed by atoms with E-state index >= 15 is 0 Å². The molecule has 7 saturated carbocycles. The van der Waals surface area contributed by atoms with Crippen molar-refractivity contribution in [2.75, 3.05) is 80.7 Å². The summed E-state index contributed by atoms with van der Waals surface area (Å²) < 4.78 is 6.13. The molecule has 10 fully saturated rings. The molecule has 4 aromatic rings. The van der Waals surface area contributed by atoms with Crippen molar-refractivity contribution in [3.8, 4) is 5.75 Å². The predicted molar refractivity (Wildman–Crippen MR) is 422 cm³/mol. The lowest BCUT2D eigenvalue weighted by Gasteiger charge is -2.62. The molecule has 6 N–H and O–H groups in total. The van der Waals surface area contributed by atoms with E-state index in [1.807, 2.05) is 18.2 Å². The summed E-state index contributed by atoms with van der Waals surface area (Å²) in [4.78, 5) is 65.3. The fourth-order valence-electron chi connectivity index (χ4n) is 20.7. The number of rotatable bonds is 32. The minimum absolute atomic E-state index is 0.0151. The van der Waals surface area contributed by atoms with Gasteiger partial charge in [-0.3, -0.25) is 33.9 Å². The number of likely N-dealkylation sites (tertiary alicyclic amines) is 1. The molecular formula is C88H135N9O10. The van der Waals surface area contributed by atoms with E-state index in [9.17, 15) is 34.8 Å². The van der Waals surface area contributed by atoms with Crippen molar-refractivity contribution >= 4 is 17.7 Å². The zero-order valence-electron chi connectivity index (χ0n) is 67.4. The highest BCUT2D eigenvalue weighted by atomic mass is 16.7. The van der Waals surface area contributed by atoms with E-state index in [0.717, 1.165) is 86.5 Å². The zero-order valence-corrected chi connectivity index (χ0v) is 67.4. The Labute approximate surface area is 641 Å². The number of benzene rings is 4. The van der Waals surface area contributed by atoms with E-state index in [-0.39, 0.29) is 55.7 Å². The first-order valence-electron chi connectivity index (χ1n) is 41.2. The number of hydroxylamine groups is 4. The van der Waals surface area contributed by atoms with Gasteiger partial charge in [-0.15, -0.1) is 0 Å². The summed E-state index contributed by atoms with van der Waals surface area (Å²) in [6, 6.07) is 35.7. The van der Waals surface area contributed by atoms with E-state index in [4.69, 9.17) is 14.4 Å². The van der Waals surface area contributed by atoms with E-state index in [2.05, 4.69) is 185 Å². The number of carbonyl (C=O) groups is 3. The molecule has 10 aliphatic rings. The lowest BCUT2D eigenvalue weighted by atomic mass is 9.45. The first-order valence-corrected chi connectivity index (χ1v) is 41.2. The molecule has 1 unspecified atom stereocenters. The molecule has 3 aliphatic heterocycles. The zero-order chi connectivity index (χ0) is 76.6. The maximum Gasteiger partial charge on any atom is 0.259 e. The second-order valence-electron chi connectivity index (χ2n) is 36.0. The third-order valence-electron chi connectivity index (χ3n) is 27.1. The van der Waals surface area contributed by atoms with Crippen LogP contribution in [0.25, 0.3) is 0 Å². The molecule has 7 aliphatic carbocycles. The molecule has 592 valence electrons. The molecule has 4 aromatic carbocycles.